The zero-order chi connectivity index (χ0) is 19.7. The van der Waals surface area contributed by atoms with Crippen molar-refractivity contribution in [1.29, 1.82) is 0 Å². The van der Waals surface area contributed by atoms with E-state index in [1.165, 1.54) is 0 Å². The third-order valence-corrected chi connectivity index (χ3v) is 5.50. The fourth-order valence-corrected chi connectivity index (χ4v) is 4.84. The minimum absolute atomic E-state index is 0.0193. The molecule has 1 aromatic carbocycles. The fraction of sp³-hybridized carbons (Fsp3) is 0.571. The van der Waals surface area contributed by atoms with Gasteiger partial charge in [0.25, 0.3) is 5.91 Å². The summed E-state index contributed by atoms with van der Waals surface area (Å²) in [4.78, 5) is 38.8. The van der Waals surface area contributed by atoms with Gasteiger partial charge in [-0.15, -0.1) is 0 Å². The first-order chi connectivity index (χ1) is 12.7. The molecule has 1 aromatic rings. The third kappa shape index (κ3) is 4.31. The third-order valence-electron chi connectivity index (χ3n) is 5.50. The smallest absolute Gasteiger partial charge is 0.325 e. The van der Waals surface area contributed by atoms with Crippen LogP contribution in [0.4, 0.5) is 4.79 Å². The summed E-state index contributed by atoms with van der Waals surface area (Å²) in [5.74, 6) is -0.224. The second kappa shape index (κ2) is 7.33. The Morgan fingerprint density at radius 3 is 2.59 bits per heavy atom. The van der Waals surface area contributed by atoms with Gasteiger partial charge in [0.2, 0.25) is 5.91 Å². The van der Waals surface area contributed by atoms with Gasteiger partial charge < -0.3 is 10.6 Å². The number of amides is 4. The normalized spacial score (nSPS) is 26.9. The molecule has 1 saturated carbocycles. The number of carbonyl (C=O) groups is 3. The zero-order valence-corrected chi connectivity index (χ0v) is 16.4. The molecule has 1 aliphatic carbocycles. The molecule has 2 fully saturated rings. The molecule has 2 atom stereocenters. The summed E-state index contributed by atoms with van der Waals surface area (Å²) in [5, 5.41) is 5.70. The average molecular weight is 371 g/mol. The molecule has 6 heteroatoms. The van der Waals surface area contributed by atoms with Gasteiger partial charge in [0, 0.05) is 6.54 Å². The number of nitrogens with zero attached hydrogens (tertiary/aromatic N) is 1. The van der Waals surface area contributed by atoms with Crippen molar-refractivity contribution in [3.63, 3.8) is 0 Å². The van der Waals surface area contributed by atoms with E-state index in [0.717, 1.165) is 16.9 Å². The maximum absolute atomic E-state index is 13.0. The zero-order valence-electron chi connectivity index (χ0n) is 16.4. The Kier molecular flexibility index (Phi) is 5.27. The highest BCUT2D eigenvalue weighted by Gasteiger charge is 2.56. The highest BCUT2D eigenvalue weighted by molar-refractivity contribution is 6.09. The van der Waals surface area contributed by atoms with Crippen LogP contribution in [-0.4, -0.2) is 41.4 Å². The molecule has 0 aromatic heterocycles. The predicted octanol–water partition coefficient (Wildman–Crippen LogP) is 2.48. The van der Waals surface area contributed by atoms with Crippen molar-refractivity contribution >= 4 is 17.8 Å². The largest absolute Gasteiger partial charge is 0.354 e. The van der Waals surface area contributed by atoms with Gasteiger partial charge in [-0.3, -0.25) is 14.5 Å². The summed E-state index contributed by atoms with van der Waals surface area (Å²) in [7, 11) is 0. The van der Waals surface area contributed by atoms with E-state index in [9.17, 15) is 14.4 Å². The number of rotatable bonds is 5. The number of hydrogen-bond donors (Lipinski definition) is 2. The monoisotopic (exact) mass is 371 g/mol. The molecule has 4 amide bonds. The molecule has 3 rings (SSSR count). The van der Waals surface area contributed by atoms with Crippen molar-refractivity contribution in [3.05, 3.63) is 35.9 Å². The molecule has 1 spiro atoms. The van der Waals surface area contributed by atoms with E-state index < -0.39 is 11.6 Å². The van der Waals surface area contributed by atoms with E-state index >= 15 is 0 Å². The Morgan fingerprint density at radius 1 is 1.22 bits per heavy atom. The molecular formula is C21H29N3O3. The van der Waals surface area contributed by atoms with Crippen molar-refractivity contribution in [2.45, 2.75) is 52.0 Å². The topological polar surface area (TPSA) is 78.5 Å². The quantitative estimate of drug-likeness (QED) is 0.781. The summed E-state index contributed by atoms with van der Waals surface area (Å²) < 4.78 is 0. The van der Waals surface area contributed by atoms with Gasteiger partial charge in [-0.05, 0) is 42.6 Å². The van der Waals surface area contributed by atoms with Crippen molar-refractivity contribution in [2.75, 3.05) is 13.1 Å². The van der Waals surface area contributed by atoms with E-state index in [-0.39, 0.29) is 23.8 Å². The fourth-order valence-electron chi connectivity index (χ4n) is 4.84. The Morgan fingerprint density at radius 2 is 1.93 bits per heavy atom. The van der Waals surface area contributed by atoms with E-state index in [4.69, 9.17) is 0 Å². The van der Waals surface area contributed by atoms with Crippen LogP contribution in [0.25, 0.3) is 0 Å². The van der Waals surface area contributed by atoms with Gasteiger partial charge in [0.15, 0.2) is 0 Å². The second-order valence-corrected chi connectivity index (χ2v) is 8.84. The number of carbonyl (C=O) groups excluding carboxylic acids is 3. The molecule has 1 aliphatic heterocycles. The van der Waals surface area contributed by atoms with Crippen molar-refractivity contribution in [1.82, 2.24) is 15.5 Å². The highest BCUT2D eigenvalue weighted by atomic mass is 16.2. The molecule has 146 valence electrons. The molecule has 1 saturated heterocycles. The minimum atomic E-state index is -0.859. The van der Waals surface area contributed by atoms with Crippen LogP contribution in [0.15, 0.2) is 30.3 Å². The van der Waals surface area contributed by atoms with E-state index in [2.05, 4.69) is 31.4 Å². The van der Waals surface area contributed by atoms with Gasteiger partial charge in [-0.2, -0.15) is 0 Å². The molecule has 2 N–H and O–H groups in total. The summed E-state index contributed by atoms with van der Waals surface area (Å²) in [6, 6.07) is 9.40. The Bertz CT molecular complexity index is 731. The predicted molar refractivity (Wildman–Crippen MR) is 103 cm³/mol. The second-order valence-electron chi connectivity index (χ2n) is 8.84. The van der Waals surface area contributed by atoms with E-state index in [0.29, 0.717) is 31.7 Å². The van der Waals surface area contributed by atoms with Crippen LogP contribution < -0.4 is 10.6 Å². The van der Waals surface area contributed by atoms with Gasteiger partial charge >= 0.3 is 6.03 Å². The van der Waals surface area contributed by atoms with Crippen molar-refractivity contribution < 1.29 is 14.4 Å². The number of benzene rings is 1. The number of urea groups is 1. The SMILES string of the molecule is CC1CC(C)(C)CC2(C1)NC(=O)N(CC(=O)NCCc1ccccc1)C2=O. The van der Waals surface area contributed by atoms with Crippen molar-refractivity contribution in [3.8, 4) is 0 Å². The maximum Gasteiger partial charge on any atom is 0.325 e. The number of nitrogens with one attached hydrogen (secondary N) is 2. The molecule has 27 heavy (non-hydrogen) atoms. The van der Waals surface area contributed by atoms with E-state index in [1.54, 1.807) is 0 Å². The van der Waals surface area contributed by atoms with Crippen LogP contribution in [0.1, 0.15) is 45.6 Å². The summed E-state index contributed by atoms with van der Waals surface area (Å²) >= 11 is 0. The van der Waals surface area contributed by atoms with Gasteiger partial charge in [0.1, 0.15) is 12.1 Å². The lowest BCUT2D eigenvalue weighted by atomic mass is 9.64. The average Bonchev–Trinajstić information content (AvgIpc) is 2.77. The van der Waals surface area contributed by atoms with Gasteiger partial charge in [0.05, 0.1) is 0 Å². The van der Waals surface area contributed by atoms with Crippen LogP contribution in [-0.2, 0) is 16.0 Å². The van der Waals surface area contributed by atoms with Crippen LogP contribution >= 0.6 is 0 Å². The molecule has 0 radical (unpaired) electrons. The Hall–Kier alpha value is -2.37. The van der Waals surface area contributed by atoms with Crippen molar-refractivity contribution in [2.24, 2.45) is 11.3 Å². The van der Waals surface area contributed by atoms with E-state index in [1.807, 2.05) is 30.3 Å². The minimum Gasteiger partial charge on any atom is -0.354 e. The number of hydrogen-bond acceptors (Lipinski definition) is 3. The summed E-state index contributed by atoms with van der Waals surface area (Å²) in [5.41, 5.74) is 0.252. The van der Waals surface area contributed by atoms with Crippen LogP contribution in [0.3, 0.4) is 0 Å². The Balaban J connectivity index is 1.58. The van der Waals surface area contributed by atoms with Crippen LogP contribution in [0, 0.1) is 11.3 Å². The molecule has 0 bridgehead atoms. The lowest BCUT2D eigenvalue weighted by Crippen LogP contribution is -2.54. The summed E-state index contributed by atoms with van der Waals surface area (Å²) in [6.07, 6.45) is 2.98. The molecule has 1 heterocycles. The van der Waals surface area contributed by atoms with Crippen LogP contribution in [0.2, 0.25) is 0 Å². The Labute approximate surface area is 160 Å². The van der Waals surface area contributed by atoms with Crippen LogP contribution in [0.5, 0.6) is 0 Å². The lowest BCUT2D eigenvalue weighted by Gasteiger charge is -2.43. The maximum atomic E-state index is 13.0. The standard InChI is InChI=1S/C21H29N3O3/c1-15-11-20(2,3)14-21(12-15)18(26)24(19(27)23-21)13-17(25)22-10-9-16-7-5-4-6-8-16/h4-8,15H,9-14H2,1-3H3,(H,22,25)(H,23,27). The summed E-state index contributed by atoms with van der Waals surface area (Å²) in [6.45, 7) is 6.62. The first-order valence-electron chi connectivity index (χ1n) is 9.66. The van der Waals surface area contributed by atoms with Gasteiger partial charge in [-0.25, -0.2) is 4.79 Å². The lowest BCUT2D eigenvalue weighted by molar-refractivity contribution is -0.137. The molecular weight excluding hydrogens is 342 g/mol. The molecule has 2 aliphatic rings. The molecule has 2 unspecified atom stereocenters. The highest BCUT2D eigenvalue weighted by Crippen LogP contribution is 2.46. The first kappa shape index (κ1) is 19.4. The first-order valence-corrected chi connectivity index (χ1v) is 9.66. The number of imide groups is 1. The molecule has 6 nitrogen and oxygen atoms in total. The van der Waals surface area contributed by atoms with Gasteiger partial charge in [-0.1, -0.05) is 51.1 Å².